The van der Waals surface area contributed by atoms with E-state index in [4.69, 9.17) is 10.5 Å². The number of aliphatic imine (C=N–C) groups is 1. The van der Waals surface area contributed by atoms with Crippen LogP contribution in [0.15, 0.2) is 4.99 Å². The molecule has 1 fully saturated rings. The van der Waals surface area contributed by atoms with Crippen LogP contribution in [-0.2, 0) is 4.74 Å². The van der Waals surface area contributed by atoms with E-state index < -0.39 is 0 Å². The van der Waals surface area contributed by atoms with E-state index in [0.717, 1.165) is 6.61 Å². The number of hydrogen-bond donors (Lipinski definition) is 1. The van der Waals surface area contributed by atoms with Crippen molar-refractivity contribution in [3.05, 3.63) is 0 Å². The van der Waals surface area contributed by atoms with Crippen LogP contribution in [0.25, 0.3) is 0 Å². The summed E-state index contributed by atoms with van der Waals surface area (Å²) in [5.74, 6) is 1.26. The van der Waals surface area contributed by atoms with Crippen molar-refractivity contribution in [1.29, 1.82) is 0 Å². The van der Waals surface area contributed by atoms with Crippen molar-refractivity contribution in [2.24, 2.45) is 16.6 Å². The minimum Gasteiger partial charge on any atom is -0.385 e. The predicted octanol–water partition coefficient (Wildman–Crippen LogP) is 1.96. The maximum absolute atomic E-state index is 5.86. The lowest BCUT2D eigenvalue weighted by Crippen LogP contribution is -2.38. The van der Waals surface area contributed by atoms with Gasteiger partial charge in [0.15, 0.2) is 0 Å². The molecule has 1 aliphatic carbocycles. The van der Waals surface area contributed by atoms with Gasteiger partial charge in [0, 0.05) is 13.7 Å². The predicted molar refractivity (Wildman–Crippen MR) is 59.5 cm³/mol. The number of hydrogen-bond acceptors (Lipinski definition) is 2. The van der Waals surface area contributed by atoms with Crippen LogP contribution in [-0.4, -0.2) is 25.6 Å². The summed E-state index contributed by atoms with van der Waals surface area (Å²) in [7, 11) is 1.74. The second kappa shape index (κ2) is 6.02. The van der Waals surface area contributed by atoms with Crippen LogP contribution in [0.1, 0.15) is 39.0 Å². The molecule has 2 N–H and O–H groups in total. The number of amidine groups is 1. The van der Waals surface area contributed by atoms with Crippen LogP contribution in [0.4, 0.5) is 0 Å². The smallest absolute Gasteiger partial charge is 0.123 e. The molecule has 0 aromatic rings. The molecule has 0 bridgehead atoms. The van der Waals surface area contributed by atoms with Gasteiger partial charge in [0.2, 0.25) is 0 Å². The van der Waals surface area contributed by atoms with E-state index in [1.807, 2.05) is 6.92 Å². The Hall–Kier alpha value is -0.570. The van der Waals surface area contributed by atoms with E-state index in [0.29, 0.717) is 11.8 Å². The van der Waals surface area contributed by atoms with Gasteiger partial charge in [-0.2, -0.15) is 0 Å². The van der Waals surface area contributed by atoms with Crippen molar-refractivity contribution in [1.82, 2.24) is 0 Å². The lowest BCUT2D eigenvalue weighted by atomic mass is 9.85. The molecule has 0 saturated heterocycles. The van der Waals surface area contributed by atoms with Gasteiger partial charge in [-0.3, -0.25) is 4.99 Å². The summed E-state index contributed by atoms with van der Waals surface area (Å²) in [4.78, 5) is 4.05. The first kappa shape index (κ1) is 11.5. The van der Waals surface area contributed by atoms with Crippen molar-refractivity contribution < 1.29 is 4.74 Å². The third kappa shape index (κ3) is 2.98. The summed E-state index contributed by atoms with van der Waals surface area (Å²) in [6.07, 6.45) is 6.52. The van der Waals surface area contributed by atoms with Crippen LogP contribution in [0, 0.1) is 5.92 Å². The lowest BCUT2D eigenvalue weighted by Gasteiger charge is -2.29. The van der Waals surface area contributed by atoms with Gasteiger partial charge in [-0.05, 0) is 25.7 Å². The Kier molecular flexibility index (Phi) is 4.94. The molecule has 3 nitrogen and oxygen atoms in total. The molecular formula is C11H22N2O. The number of nitrogens with zero attached hydrogens (tertiary/aromatic N) is 1. The Balaban J connectivity index is 2.55. The molecule has 1 saturated carbocycles. The molecule has 0 amide bonds. The second-order valence-corrected chi connectivity index (χ2v) is 3.92. The van der Waals surface area contributed by atoms with Gasteiger partial charge >= 0.3 is 0 Å². The topological polar surface area (TPSA) is 47.6 Å². The fourth-order valence-electron chi connectivity index (χ4n) is 2.21. The molecule has 1 unspecified atom stereocenters. The van der Waals surface area contributed by atoms with Crippen LogP contribution in [0.5, 0.6) is 0 Å². The highest BCUT2D eigenvalue weighted by Crippen LogP contribution is 2.28. The zero-order valence-corrected chi connectivity index (χ0v) is 9.33. The van der Waals surface area contributed by atoms with E-state index in [-0.39, 0.29) is 6.10 Å². The van der Waals surface area contributed by atoms with Gasteiger partial charge in [0.25, 0.3) is 0 Å². The van der Waals surface area contributed by atoms with E-state index in [1.54, 1.807) is 7.05 Å². The van der Waals surface area contributed by atoms with E-state index in [2.05, 4.69) is 4.99 Å². The summed E-state index contributed by atoms with van der Waals surface area (Å²) in [5.41, 5.74) is 5.86. The highest BCUT2D eigenvalue weighted by atomic mass is 16.5. The Morgan fingerprint density at radius 3 is 2.57 bits per heavy atom. The average Bonchev–Trinajstić information content (AvgIpc) is 2.26. The third-order valence-corrected chi connectivity index (χ3v) is 2.97. The van der Waals surface area contributed by atoms with Crippen LogP contribution < -0.4 is 5.73 Å². The van der Waals surface area contributed by atoms with E-state index >= 15 is 0 Å². The van der Waals surface area contributed by atoms with Crippen molar-refractivity contribution in [2.45, 2.75) is 45.1 Å². The first-order chi connectivity index (χ1) is 6.79. The largest absolute Gasteiger partial charge is 0.385 e. The van der Waals surface area contributed by atoms with Crippen molar-refractivity contribution in [3.63, 3.8) is 0 Å². The number of nitrogens with two attached hydrogens (primary N) is 1. The molecule has 0 heterocycles. The van der Waals surface area contributed by atoms with Gasteiger partial charge < -0.3 is 10.5 Å². The Labute approximate surface area is 86.7 Å². The fraction of sp³-hybridized carbons (Fsp3) is 0.909. The Bertz CT molecular complexity index is 186. The molecular weight excluding hydrogens is 176 g/mol. The summed E-state index contributed by atoms with van der Waals surface area (Å²) < 4.78 is 5.68. The standard InChI is InChI=1S/C11H22N2O/c1-3-14-10(11(12)13-2)9-7-5-4-6-8-9/h9-10H,3-8H2,1-2H3,(H2,12,13). The molecule has 0 radical (unpaired) electrons. The van der Waals surface area contributed by atoms with E-state index in [1.165, 1.54) is 32.1 Å². The zero-order valence-electron chi connectivity index (χ0n) is 9.33. The fourth-order valence-corrected chi connectivity index (χ4v) is 2.21. The quantitative estimate of drug-likeness (QED) is 0.554. The average molecular weight is 198 g/mol. The first-order valence-corrected chi connectivity index (χ1v) is 5.63. The van der Waals surface area contributed by atoms with Crippen LogP contribution >= 0.6 is 0 Å². The molecule has 0 aromatic heterocycles. The minimum absolute atomic E-state index is 0.0605. The second-order valence-electron chi connectivity index (χ2n) is 3.92. The van der Waals surface area contributed by atoms with Gasteiger partial charge in [0.05, 0.1) is 0 Å². The van der Waals surface area contributed by atoms with Crippen molar-refractivity contribution in [2.75, 3.05) is 13.7 Å². The normalized spacial score (nSPS) is 22.3. The molecule has 3 heteroatoms. The maximum atomic E-state index is 5.86. The molecule has 0 aliphatic heterocycles. The number of ether oxygens (including phenoxy) is 1. The number of rotatable bonds is 4. The summed E-state index contributed by atoms with van der Waals surface area (Å²) in [6.45, 7) is 2.73. The highest BCUT2D eigenvalue weighted by molar-refractivity contribution is 5.85. The highest BCUT2D eigenvalue weighted by Gasteiger charge is 2.26. The van der Waals surface area contributed by atoms with E-state index in [9.17, 15) is 0 Å². The lowest BCUT2D eigenvalue weighted by molar-refractivity contribution is 0.0521. The zero-order chi connectivity index (χ0) is 10.4. The summed E-state index contributed by atoms with van der Waals surface area (Å²) in [5, 5.41) is 0. The molecule has 14 heavy (non-hydrogen) atoms. The van der Waals surface area contributed by atoms with Gasteiger partial charge in [-0.15, -0.1) is 0 Å². The molecule has 82 valence electrons. The SMILES string of the molecule is CCOC(C(N)=NC)C1CCCCC1. The van der Waals surface area contributed by atoms with Gasteiger partial charge in [-0.1, -0.05) is 19.3 Å². The monoisotopic (exact) mass is 198 g/mol. The Morgan fingerprint density at radius 2 is 2.07 bits per heavy atom. The van der Waals surface area contributed by atoms with Gasteiger partial charge in [-0.25, -0.2) is 0 Å². The van der Waals surface area contributed by atoms with Crippen LogP contribution in [0.2, 0.25) is 0 Å². The molecule has 1 rings (SSSR count). The maximum Gasteiger partial charge on any atom is 0.123 e. The summed E-state index contributed by atoms with van der Waals surface area (Å²) >= 11 is 0. The molecule has 1 atom stereocenters. The Morgan fingerprint density at radius 1 is 1.43 bits per heavy atom. The summed E-state index contributed by atoms with van der Waals surface area (Å²) in [6, 6.07) is 0. The minimum atomic E-state index is 0.0605. The molecule has 1 aliphatic rings. The van der Waals surface area contributed by atoms with Crippen molar-refractivity contribution in [3.8, 4) is 0 Å². The first-order valence-electron chi connectivity index (χ1n) is 5.63. The van der Waals surface area contributed by atoms with Gasteiger partial charge in [0.1, 0.15) is 11.9 Å². The molecule has 0 aromatic carbocycles. The van der Waals surface area contributed by atoms with Crippen LogP contribution in [0.3, 0.4) is 0 Å². The van der Waals surface area contributed by atoms with Crippen molar-refractivity contribution >= 4 is 5.84 Å². The third-order valence-electron chi connectivity index (χ3n) is 2.97. The molecule has 0 spiro atoms.